The van der Waals surface area contributed by atoms with Crippen molar-refractivity contribution in [2.45, 2.75) is 38.3 Å². The van der Waals surface area contributed by atoms with Crippen LogP contribution < -0.4 is 9.47 Å². The molecule has 1 N–H and O–H groups in total. The third-order valence-corrected chi connectivity index (χ3v) is 5.84. The van der Waals surface area contributed by atoms with Crippen LogP contribution in [0.3, 0.4) is 0 Å². The fourth-order valence-corrected chi connectivity index (χ4v) is 4.24. The van der Waals surface area contributed by atoms with E-state index in [1.807, 2.05) is 6.07 Å². The summed E-state index contributed by atoms with van der Waals surface area (Å²) in [4.78, 5) is 4.78. The summed E-state index contributed by atoms with van der Waals surface area (Å²) in [5.74, 6) is 2.13. The molecule has 1 aromatic rings. The smallest absolute Gasteiger partial charge is 0.161 e. The zero-order valence-corrected chi connectivity index (χ0v) is 17.4. The van der Waals surface area contributed by atoms with Crippen LogP contribution in [0.1, 0.15) is 31.2 Å². The van der Waals surface area contributed by atoms with Gasteiger partial charge in [-0.2, -0.15) is 0 Å². The van der Waals surface area contributed by atoms with Gasteiger partial charge in [0.1, 0.15) is 12.7 Å². The van der Waals surface area contributed by atoms with Gasteiger partial charge in [-0.25, -0.2) is 0 Å². The van der Waals surface area contributed by atoms with Crippen molar-refractivity contribution in [3.05, 3.63) is 23.8 Å². The third kappa shape index (κ3) is 6.34. The van der Waals surface area contributed by atoms with Crippen molar-refractivity contribution in [1.82, 2.24) is 9.80 Å². The van der Waals surface area contributed by atoms with Gasteiger partial charge in [0.25, 0.3) is 0 Å². The summed E-state index contributed by atoms with van der Waals surface area (Å²) in [6, 6.07) is 6.13. The number of methoxy groups -OCH3 is 2. The molecule has 28 heavy (non-hydrogen) atoms. The monoisotopic (exact) mass is 392 g/mol. The van der Waals surface area contributed by atoms with Gasteiger partial charge < -0.3 is 24.2 Å². The van der Waals surface area contributed by atoms with Crippen LogP contribution in [0.25, 0.3) is 0 Å². The molecule has 2 aliphatic heterocycles. The molecular weight excluding hydrogens is 356 g/mol. The average molecular weight is 393 g/mol. The second-order valence-electron chi connectivity index (χ2n) is 8.13. The Morgan fingerprint density at radius 3 is 2.46 bits per heavy atom. The van der Waals surface area contributed by atoms with E-state index in [9.17, 15) is 5.11 Å². The molecule has 158 valence electrons. The number of nitrogens with zero attached hydrogens (tertiary/aromatic N) is 2. The van der Waals surface area contributed by atoms with Crippen molar-refractivity contribution in [2.75, 3.05) is 60.2 Å². The number of hydrogen-bond donors (Lipinski definition) is 1. The zero-order valence-electron chi connectivity index (χ0n) is 17.4. The van der Waals surface area contributed by atoms with E-state index in [1.54, 1.807) is 14.2 Å². The molecular formula is C22H36N2O4. The second-order valence-corrected chi connectivity index (χ2v) is 8.13. The van der Waals surface area contributed by atoms with Crippen LogP contribution in [-0.4, -0.2) is 81.2 Å². The van der Waals surface area contributed by atoms with Crippen LogP contribution >= 0.6 is 0 Å². The van der Waals surface area contributed by atoms with Crippen molar-refractivity contribution < 1.29 is 19.3 Å². The molecule has 2 heterocycles. The van der Waals surface area contributed by atoms with Gasteiger partial charge >= 0.3 is 0 Å². The number of aliphatic hydroxyl groups excluding tert-OH is 1. The highest BCUT2D eigenvalue weighted by molar-refractivity contribution is 5.43. The van der Waals surface area contributed by atoms with Crippen LogP contribution in [0, 0.1) is 5.92 Å². The van der Waals surface area contributed by atoms with Crippen molar-refractivity contribution in [2.24, 2.45) is 5.92 Å². The molecule has 1 unspecified atom stereocenters. The number of rotatable bonds is 10. The largest absolute Gasteiger partial charge is 0.493 e. The number of likely N-dealkylation sites (tertiary alicyclic amines) is 2. The molecule has 2 saturated heterocycles. The van der Waals surface area contributed by atoms with Gasteiger partial charge in [-0.3, -0.25) is 4.90 Å². The Labute approximate surface area is 169 Å². The summed E-state index contributed by atoms with van der Waals surface area (Å²) in [5.41, 5.74) is 1.23. The average Bonchev–Trinajstić information content (AvgIpc) is 3.21. The molecule has 3 rings (SSSR count). The van der Waals surface area contributed by atoms with E-state index in [0.717, 1.165) is 45.1 Å². The lowest BCUT2D eigenvalue weighted by molar-refractivity contribution is 0.0746. The Morgan fingerprint density at radius 2 is 1.79 bits per heavy atom. The Hall–Kier alpha value is -1.34. The summed E-state index contributed by atoms with van der Waals surface area (Å²) >= 11 is 0. The van der Waals surface area contributed by atoms with E-state index >= 15 is 0 Å². The number of piperidine rings is 1. The Kier molecular flexibility index (Phi) is 8.40. The van der Waals surface area contributed by atoms with Gasteiger partial charge in [-0.05, 0) is 75.5 Å². The first kappa shape index (κ1) is 21.4. The van der Waals surface area contributed by atoms with Gasteiger partial charge in [0.15, 0.2) is 11.5 Å². The summed E-state index contributed by atoms with van der Waals surface area (Å²) < 4.78 is 16.7. The summed E-state index contributed by atoms with van der Waals surface area (Å²) in [7, 11) is 3.45. The van der Waals surface area contributed by atoms with Crippen LogP contribution in [-0.2, 0) is 11.3 Å². The van der Waals surface area contributed by atoms with Crippen LogP contribution in [0.15, 0.2) is 18.2 Å². The summed E-state index contributed by atoms with van der Waals surface area (Å²) in [5, 5.41) is 10.2. The maximum atomic E-state index is 10.2. The van der Waals surface area contributed by atoms with E-state index in [4.69, 9.17) is 14.2 Å². The molecule has 0 aliphatic carbocycles. The van der Waals surface area contributed by atoms with Crippen molar-refractivity contribution >= 4 is 0 Å². The quantitative estimate of drug-likeness (QED) is 0.660. The molecule has 0 radical (unpaired) electrons. The first-order valence-corrected chi connectivity index (χ1v) is 10.6. The molecule has 0 spiro atoms. The number of β-amino-alcohol motifs (C(OH)–C–C–N with tert-alkyl or cyclic N) is 1. The van der Waals surface area contributed by atoms with Crippen molar-refractivity contribution in [3.8, 4) is 11.5 Å². The Morgan fingerprint density at radius 1 is 1.04 bits per heavy atom. The van der Waals surface area contributed by atoms with Gasteiger partial charge in [0.2, 0.25) is 0 Å². The predicted molar refractivity (Wildman–Crippen MR) is 110 cm³/mol. The van der Waals surface area contributed by atoms with Crippen LogP contribution in [0.2, 0.25) is 0 Å². The Bertz CT molecular complexity index is 584. The number of hydrogen-bond acceptors (Lipinski definition) is 6. The molecule has 0 saturated carbocycles. The number of benzene rings is 1. The Balaban J connectivity index is 1.48. The lowest BCUT2D eigenvalue weighted by atomic mass is 9.97. The standard InChI is InChI=1S/C22H36N2O4/c1-26-16-18-7-11-24(12-8-18)14-19-5-6-21(22(13-19)27-2)28-17-20(25)15-23-9-3-4-10-23/h5-6,13,18,20,25H,3-4,7-12,14-17H2,1-2H3. The molecule has 1 aromatic carbocycles. The van der Waals surface area contributed by atoms with Crippen LogP contribution in [0.5, 0.6) is 11.5 Å². The molecule has 0 aromatic heterocycles. The predicted octanol–water partition coefficient (Wildman–Crippen LogP) is 2.39. The van der Waals surface area contributed by atoms with E-state index < -0.39 is 6.10 Å². The van der Waals surface area contributed by atoms with E-state index in [1.165, 1.54) is 31.2 Å². The minimum Gasteiger partial charge on any atom is -0.493 e. The maximum absolute atomic E-state index is 10.2. The minimum absolute atomic E-state index is 0.291. The normalized spacial score (nSPS) is 20.4. The van der Waals surface area contributed by atoms with Gasteiger partial charge in [0.05, 0.1) is 7.11 Å². The fraction of sp³-hybridized carbons (Fsp3) is 0.727. The second kappa shape index (κ2) is 11.0. The summed E-state index contributed by atoms with van der Waals surface area (Å²) in [6.45, 7) is 7.15. The summed E-state index contributed by atoms with van der Waals surface area (Å²) in [6.07, 6.45) is 4.37. The molecule has 2 fully saturated rings. The molecule has 0 bridgehead atoms. The topological polar surface area (TPSA) is 54.4 Å². The molecule has 1 atom stereocenters. The number of aliphatic hydroxyl groups is 1. The van der Waals surface area contributed by atoms with E-state index in [0.29, 0.717) is 24.8 Å². The van der Waals surface area contributed by atoms with Crippen molar-refractivity contribution in [1.29, 1.82) is 0 Å². The third-order valence-electron chi connectivity index (χ3n) is 5.84. The van der Waals surface area contributed by atoms with Crippen LogP contribution in [0.4, 0.5) is 0 Å². The molecule has 0 amide bonds. The first-order valence-electron chi connectivity index (χ1n) is 10.6. The van der Waals surface area contributed by atoms with Crippen molar-refractivity contribution in [3.63, 3.8) is 0 Å². The molecule has 2 aliphatic rings. The number of ether oxygens (including phenoxy) is 3. The molecule has 6 heteroatoms. The zero-order chi connectivity index (χ0) is 19.8. The lowest BCUT2D eigenvalue weighted by Crippen LogP contribution is -2.34. The minimum atomic E-state index is -0.476. The highest BCUT2D eigenvalue weighted by Crippen LogP contribution is 2.29. The van der Waals surface area contributed by atoms with Gasteiger partial charge in [0, 0.05) is 26.8 Å². The molecule has 6 nitrogen and oxygen atoms in total. The SMILES string of the molecule is COCC1CCN(Cc2ccc(OCC(O)CN3CCCC3)c(OC)c2)CC1. The van der Waals surface area contributed by atoms with E-state index in [-0.39, 0.29) is 0 Å². The van der Waals surface area contributed by atoms with Gasteiger partial charge in [-0.1, -0.05) is 6.07 Å². The van der Waals surface area contributed by atoms with E-state index in [2.05, 4.69) is 21.9 Å². The fourth-order valence-electron chi connectivity index (χ4n) is 4.24. The highest BCUT2D eigenvalue weighted by Gasteiger charge is 2.20. The first-order chi connectivity index (χ1) is 13.7. The lowest BCUT2D eigenvalue weighted by Gasteiger charge is -2.31. The maximum Gasteiger partial charge on any atom is 0.161 e. The highest BCUT2D eigenvalue weighted by atomic mass is 16.5. The van der Waals surface area contributed by atoms with Gasteiger partial charge in [-0.15, -0.1) is 0 Å².